The van der Waals surface area contributed by atoms with Gasteiger partial charge in [-0.25, -0.2) is 0 Å². The van der Waals surface area contributed by atoms with Gasteiger partial charge in [0.2, 0.25) is 0 Å². The highest BCUT2D eigenvalue weighted by Crippen LogP contribution is 2.18. The molecule has 0 fully saturated rings. The van der Waals surface area contributed by atoms with Gasteiger partial charge in [0.15, 0.2) is 6.10 Å². The zero-order valence-electron chi connectivity index (χ0n) is 52.9. The second-order valence-corrected chi connectivity index (χ2v) is 23.4. The predicted molar refractivity (Wildman–Crippen MR) is 344 cm³/mol. The molecule has 0 aliphatic rings. The van der Waals surface area contributed by atoms with E-state index in [9.17, 15) is 14.4 Å². The maximum Gasteiger partial charge on any atom is 0.306 e. The lowest BCUT2D eigenvalue weighted by Gasteiger charge is -2.18. The second-order valence-electron chi connectivity index (χ2n) is 23.4. The summed E-state index contributed by atoms with van der Waals surface area (Å²) >= 11 is 0. The molecule has 0 saturated carbocycles. The Balaban J connectivity index is 4.09. The fraction of sp³-hybridized carbons (Fsp3) is 0.822. The van der Waals surface area contributed by atoms with Crippen molar-refractivity contribution in [3.05, 3.63) is 60.8 Å². The standard InChI is InChI=1S/C73H132O6/c1-4-7-10-13-16-19-22-24-26-28-29-30-31-32-33-34-35-36-37-38-39-40-41-42-43-45-46-48-51-54-57-60-63-66-72(75)78-69-70(68-77-71(74)65-62-59-56-53-50-21-18-15-12-9-6-3)79-73(76)67-64-61-58-55-52-49-47-44-27-25-23-20-17-14-11-8-5-2/h8,11,17,20,22,24-25,27-29,70H,4-7,9-10,12-16,18-19,21,23,26,30-69H2,1-3H3/b11-8-,20-17-,24-22-,27-25-,29-28-. The van der Waals surface area contributed by atoms with Crippen LogP contribution in [-0.2, 0) is 28.6 Å². The molecule has 460 valence electrons. The highest BCUT2D eigenvalue weighted by Gasteiger charge is 2.19. The number of unbranched alkanes of at least 4 members (excludes halogenated alkanes) is 43. The summed E-state index contributed by atoms with van der Waals surface area (Å²) in [7, 11) is 0. The molecule has 0 bridgehead atoms. The number of hydrogen-bond acceptors (Lipinski definition) is 6. The molecule has 0 radical (unpaired) electrons. The van der Waals surface area contributed by atoms with Crippen molar-refractivity contribution in [2.45, 2.75) is 374 Å². The van der Waals surface area contributed by atoms with Crippen LogP contribution in [0.25, 0.3) is 0 Å². The Kier molecular flexibility index (Phi) is 65.1. The predicted octanol–water partition coefficient (Wildman–Crippen LogP) is 23.9. The summed E-state index contributed by atoms with van der Waals surface area (Å²) in [5, 5.41) is 0. The van der Waals surface area contributed by atoms with Crippen molar-refractivity contribution in [2.24, 2.45) is 0 Å². The lowest BCUT2D eigenvalue weighted by molar-refractivity contribution is -0.167. The molecule has 1 unspecified atom stereocenters. The van der Waals surface area contributed by atoms with Crippen molar-refractivity contribution in [3.63, 3.8) is 0 Å². The van der Waals surface area contributed by atoms with Gasteiger partial charge in [0.05, 0.1) is 0 Å². The van der Waals surface area contributed by atoms with Gasteiger partial charge in [-0.05, 0) is 83.5 Å². The van der Waals surface area contributed by atoms with Gasteiger partial charge in [-0.3, -0.25) is 14.4 Å². The fourth-order valence-corrected chi connectivity index (χ4v) is 10.3. The normalized spacial score (nSPS) is 12.4. The number of esters is 3. The minimum absolute atomic E-state index is 0.0733. The molecular formula is C73H132O6. The summed E-state index contributed by atoms with van der Waals surface area (Å²) in [5.41, 5.74) is 0. The first-order valence-electron chi connectivity index (χ1n) is 34.8. The van der Waals surface area contributed by atoms with Crippen LogP contribution in [0.3, 0.4) is 0 Å². The van der Waals surface area contributed by atoms with Crippen LogP contribution in [0.5, 0.6) is 0 Å². The van der Waals surface area contributed by atoms with Crippen LogP contribution in [0.2, 0.25) is 0 Å². The maximum absolute atomic E-state index is 12.9. The number of carbonyl (C=O) groups is 3. The quantitative estimate of drug-likeness (QED) is 0.0261. The monoisotopic (exact) mass is 1110 g/mol. The number of carbonyl (C=O) groups excluding carboxylic acids is 3. The first-order chi connectivity index (χ1) is 39.0. The Morgan fingerprint density at radius 2 is 0.494 bits per heavy atom. The molecule has 1 atom stereocenters. The average Bonchev–Trinajstić information content (AvgIpc) is 3.45. The van der Waals surface area contributed by atoms with Gasteiger partial charge in [0, 0.05) is 19.3 Å². The number of allylic oxidation sites excluding steroid dienone is 10. The largest absolute Gasteiger partial charge is 0.462 e. The first kappa shape index (κ1) is 76.1. The van der Waals surface area contributed by atoms with Gasteiger partial charge >= 0.3 is 17.9 Å². The summed E-state index contributed by atoms with van der Waals surface area (Å²) in [6.45, 7) is 6.55. The average molecular weight is 1110 g/mol. The van der Waals surface area contributed by atoms with Crippen molar-refractivity contribution < 1.29 is 28.6 Å². The zero-order valence-corrected chi connectivity index (χ0v) is 52.9. The molecule has 79 heavy (non-hydrogen) atoms. The fourth-order valence-electron chi connectivity index (χ4n) is 10.3. The second kappa shape index (κ2) is 67.6. The summed E-state index contributed by atoms with van der Waals surface area (Å²) in [4.78, 5) is 38.3. The topological polar surface area (TPSA) is 78.9 Å². The lowest BCUT2D eigenvalue weighted by Crippen LogP contribution is -2.30. The van der Waals surface area contributed by atoms with Gasteiger partial charge in [-0.15, -0.1) is 0 Å². The molecule has 0 aromatic rings. The molecule has 0 N–H and O–H groups in total. The van der Waals surface area contributed by atoms with Crippen molar-refractivity contribution in [1.82, 2.24) is 0 Å². The van der Waals surface area contributed by atoms with Crippen molar-refractivity contribution >= 4 is 17.9 Å². The molecular weight excluding hydrogens is 973 g/mol. The van der Waals surface area contributed by atoms with E-state index in [1.807, 2.05) is 0 Å². The molecule has 6 nitrogen and oxygen atoms in total. The summed E-state index contributed by atoms with van der Waals surface area (Å²) in [5.74, 6) is -0.863. The SMILES string of the molecule is CC/C=C\C/C=C\C/C=C\CCCCCCCCCC(=O)OC(COC(=O)CCCCCCCCCCCCC)COC(=O)CCCCCCCCCCCCCCCCCCCCCCC/C=C\C/C=C\CCCCCCC. The molecule has 0 saturated heterocycles. The number of hydrogen-bond donors (Lipinski definition) is 0. The van der Waals surface area contributed by atoms with Crippen molar-refractivity contribution in [3.8, 4) is 0 Å². The van der Waals surface area contributed by atoms with Crippen LogP contribution >= 0.6 is 0 Å². The van der Waals surface area contributed by atoms with Crippen molar-refractivity contribution in [1.29, 1.82) is 0 Å². The summed E-state index contributed by atoms with van der Waals surface area (Å²) in [6, 6.07) is 0. The third-order valence-corrected chi connectivity index (χ3v) is 15.5. The lowest BCUT2D eigenvalue weighted by atomic mass is 10.0. The Morgan fingerprint density at radius 1 is 0.266 bits per heavy atom. The highest BCUT2D eigenvalue weighted by molar-refractivity contribution is 5.71. The van der Waals surface area contributed by atoms with E-state index in [1.165, 1.54) is 238 Å². The van der Waals surface area contributed by atoms with E-state index in [-0.39, 0.29) is 31.1 Å². The highest BCUT2D eigenvalue weighted by atomic mass is 16.6. The molecule has 0 spiro atoms. The van der Waals surface area contributed by atoms with E-state index in [0.717, 1.165) is 89.9 Å². The molecule has 0 aromatic heterocycles. The van der Waals surface area contributed by atoms with E-state index in [2.05, 4.69) is 81.5 Å². The van der Waals surface area contributed by atoms with Crippen LogP contribution < -0.4 is 0 Å². The molecule has 0 aliphatic carbocycles. The third kappa shape index (κ3) is 65.8. The summed E-state index contributed by atoms with van der Waals surface area (Å²) in [6.07, 6.45) is 86.9. The maximum atomic E-state index is 12.9. The van der Waals surface area contributed by atoms with E-state index < -0.39 is 6.10 Å². The smallest absolute Gasteiger partial charge is 0.306 e. The van der Waals surface area contributed by atoms with Gasteiger partial charge < -0.3 is 14.2 Å². The molecule has 0 rings (SSSR count). The minimum atomic E-state index is -0.776. The molecule has 0 aromatic carbocycles. The van der Waals surface area contributed by atoms with E-state index in [0.29, 0.717) is 19.3 Å². The molecule has 6 heteroatoms. The Morgan fingerprint density at radius 3 is 0.772 bits per heavy atom. The van der Waals surface area contributed by atoms with Crippen molar-refractivity contribution in [2.75, 3.05) is 13.2 Å². The zero-order chi connectivity index (χ0) is 57.1. The van der Waals surface area contributed by atoms with Gasteiger partial charge in [-0.1, -0.05) is 326 Å². The Hall–Kier alpha value is -2.89. The van der Waals surface area contributed by atoms with E-state index in [4.69, 9.17) is 14.2 Å². The van der Waals surface area contributed by atoms with Gasteiger partial charge in [-0.2, -0.15) is 0 Å². The summed E-state index contributed by atoms with van der Waals surface area (Å²) < 4.78 is 16.9. The van der Waals surface area contributed by atoms with Crippen LogP contribution in [0.15, 0.2) is 60.8 Å². The van der Waals surface area contributed by atoms with Gasteiger partial charge in [0.25, 0.3) is 0 Å². The van der Waals surface area contributed by atoms with E-state index >= 15 is 0 Å². The number of rotatable bonds is 64. The van der Waals surface area contributed by atoms with Crippen LogP contribution in [0.1, 0.15) is 367 Å². The molecule has 0 aliphatic heterocycles. The molecule has 0 amide bonds. The van der Waals surface area contributed by atoms with Crippen LogP contribution in [-0.4, -0.2) is 37.2 Å². The Bertz CT molecular complexity index is 1410. The third-order valence-electron chi connectivity index (χ3n) is 15.5. The number of ether oxygens (including phenoxy) is 3. The molecule has 0 heterocycles. The van der Waals surface area contributed by atoms with E-state index in [1.54, 1.807) is 0 Å². The minimum Gasteiger partial charge on any atom is -0.462 e. The van der Waals surface area contributed by atoms with Crippen LogP contribution in [0.4, 0.5) is 0 Å². The van der Waals surface area contributed by atoms with Gasteiger partial charge in [0.1, 0.15) is 13.2 Å². The Labute approximate surface area is 491 Å². The van der Waals surface area contributed by atoms with Crippen LogP contribution in [0, 0.1) is 0 Å². The first-order valence-corrected chi connectivity index (χ1v) is 34.8.